The minimum Gasteiger partial charge on any atom is -0.273 e. The molecule has 0 amide bonds. The van der Waals surface area contributed by atoms with Crippen molar-refractivity contribution < 1.29 is 29.4 Å². The molecule has 1 atom stereocenters. The Morgan fingerprint density at radius 2 is 2.15 bits per heavy atom. The summed E-state index contributed by atoms with van der Waals surface area (Å²) in [6, 6.07) is 0. The highest BCUT2D eigenvalue weighted by atomic mass is 32.3. The van der Waals surface area contributed by atoms with Crippen molar-refractivity contribution >= 4 is 20.5 Å². The van der Waals surface area contributed by atoms with E-state index >= 15 is 0 Å². The number of hydrogen-bond acceptors (Lipinski definition) is 7. The molecule has 78 valence electrons. The Morgan fingerprint density at radius 3 is 2.54 bits per heavy atom. The molecule has 0 bridgehead atoms. The van der Waals surface area contributed by atoms with Crippen molar-refractivity contribution in [2.24, 2.45) is 0 Å². The van der Waals surface area contributed by atoms with Gasteiger partial charge in [0.25, 0.3) is 10.1 Å². The Hall–Kier alpha value is -0.220. The van der Waals surface area contributed by atoms with Crippen LogP contribution in [0.25, 0.3) is 0 Å². The fourth-order valence-corrected chi connectivity index (χ4v) is 2.43. The van der Waals surface area contributed by atoms with Crippen LogP contribution >= 0.6 is 0 Å². The summed E-state index contributed by atoms with van der Waals surface area (Å²) in [6.07, 6.45) is -1.02. The average molecular weight is 232 g/mol. The Bertz CT molecular complexity index is 365. The van der Waals surface area contributed by atoms with Crippen LogP contribution in [0, 0.1) is 0 Å². The minimum absolute atomic E-state index is 0.301. The summed E-state index contributed by atoms with van der Waals surface area (Å²) in [4.78, 5) is 0. The van der Waals surface area contributed by atoms with Crippen LogP contribution in [0.3, 0.4) is 0 Å². The first-order chi connectivity index (χ1) is 5.85. The van der Waals surface area contributed by atoms with E-state index in [2.05, 4.69) is 12.5 Å². The number of hydrogen-bond donors (Lipinski definition) is 0. The molecule has 0 aromatic heterocycles. The van der Waals surface area contributed by atoms with Gasteiger partial charge in [0.1, 0.15) is 11.9 Å². The summed E-state index contributed by atoms with van der Waals surface area (Å²) in [6.45, 7) is -0.301. The molecule has 1 rings (SSSR count). The topological polar surface area (TPSA) is 96.0 Å². The molecular weight excluding hydrogens is 224 g/mol. The molecule has 1 aliphatic rings. The SMILES string of the molecule is COS(=O)(=O)CC1COS(=O)(=O)O1. The van der Waals surface area contributed by atoms with Crippen LogP contribution in [0.4, 0.5) is 0 Å². The summed E-state index contributed by atoms with van der Waals surface area (Å²) >= 11 is 0. The van der Waals surface area contributed by atoms with Gasteiger partial charge in [-0.3, -0.25) is 4.18 Å². The van der Waals surface area contributed by atoms with Crippen molar-refractivity contribution in [3.63, 3.8) is 0 Å². The molecular formula is C4H8O7S2. The molecule has 0 aromatic rings. The first-order valence-electron chi connectivity index (χ1n) is 3.20. The Kier molecular flexibility index (Phi) is 2.92. The standard InChI is InChI=1S/C4H8O7S2/c1-9-12(5,6)3-4-2-10-13(7,8)11-4/h4H,2-3H2,1H3. The zero-order valence-electron chi connectivity index (χ0n) is 6.67. The third-order valence-corrected chi connectivity index (χ3v) is 3.52. The third-order valence-electron chi connectivity index (χ3n) is 1.30. The van der Waals surface area contributed by atoms with E-state index in [1.165, 1.54) is 0 Å². The molecule has 0 saturated carbocycles. The van der Waals surface area contributed by atoms with Gasteiger partial charge in [-0.2, -0.15) is 16.8 Å². The second-order valence-electron chi connectivity index (χ2n) is 2.30. The maximum absolute atomic E-state index is 10.8. The third kappa shape index (κ3) is 3.19. The maximum atomic E-state index is 10.8. The van der Waals surface area contributed by atoms with Crippen LogP contribution in [-0.4, -0.2) is 42.4 Å². The molecule has 1 aliphatic heterocycles. The second kappa shape index (κ2) is 3.50. The highest BCUT2D eigenvalue weighted by Crippen LogP contribution is 2.14. The van der Waals surface area contributed by atoms with E-state index in [0.29, 0.717) is 0 Å². The Balaban J connectivity index is 2.60. The van der Waals surface area contributed by atoms with Gasteiger partial charge in [0, 0.05) is 0 Å². The van der Waals surface area contributed by atoms with Gasteiger partial charge in [-0.15, -0.1) is 0 Å². The molecule has 1 unspecified atom stereocenters. The lowest BCUT2D eigenvalue weighted by Crippen LogP contribution is -2.23. The fourth-order valence-electron chi connectivity index (χ4n) is 0.753. The zero-order valence-corrected chi connectivity index (χ0v) is 8.30. The maximum Gasteiger partial charge on any atom is 0.400 e. The predicted molar refractivity (Wildman–Crippen MR) is 40.5 cm³/mol. The van der Waals surface area contributed by atoms with Crippen molar-refractivity contribution in [3.05, 3.63) is 0 Å². The quantitative estimate of drug-likeness (QED) is 0.553. The van der Waals surface area contributed by atoms with E-state index in [4.69, 9.17) is 0 Å². The summed E-state index contributed by atoms with van der Waals surface area (Å²) in [5, 5.41) is 0. The lowest BCUT2D eigenvalue weighted by atomic mass is 10.4. The highest BCUT2D eigenvalue weighted by molar-refractivity contribution is 7.86. The van der Waals surface area contributed by atoms with Crippen molar-refractivity contribution in [3.8, 4) is 0 Å². The molecule has 0 aliphatic carbocycles. The first-order valence-corrected chi connectivity index (χ1v) is 6.12. The summed E-state index contributed by atoms with van der Waals surface area (Å²) in [5.41, 5.74) is 0. The van der Waals surface area contributed by atoms with Crippen LogP contribution in [0.1, 0.15) is 0 Å². The molecule has 0 spiro atoms. The molecule has 13 heavy (non-hydrogen) atoms. The highest BCUT2D eigenvalue weighted by Gasteiger charge is 2.33. The molecule has 0 radical (unpaired) electrons. The lowest BCUT2D eigenvalue weighted by Gasteiger charge is -2.03. The van der Waals surface area contributed by atoms with E-state index < -0.39 is 32.4 Å². The largest absolute Gasteiger partial charge is 0.400 e. The van der Waals surface area contributed by atoms with E-state index in [1.54, 1.807) is 0 Å². The van der Waals surface area contributed by atoms with Crippen molar-refractivity contribution in [2.75, 3.05) is 19.5 Å². The fraction of sp³-hybridized carbons (Fsp3) is 1.00. The Labute approximate surface area is 76.0 Å². The first kappa shape index (κ1) is 10.9. The monoisotopic (exact) mass is 232 g/mol. The molecule has 1 fully saturated rings. The van der Waals surface area contributed by atoms with E-state index in [-0.39, 0.29) is 6.61 Å². The van der Waals surface area contributed by atoms with Gasteiger partial charge in [0.05, 0.1) is 13.7 Å². The summed E-state index contributed by atoms with van der Waals surface area (Å²) < 4.78 is 55.3. The van der Waals surface area contributed by atoms with Crippen LogP contribution in [0.15, 0.2) is 0 Å². The Morgan fingerprint density at radius 1 is 1.54 bits per heavy atom. The molecule has 7 nitrogen and oxygen atoms in total. The van der Waals surface area contributed by atoms with E-state index in [0.717, 1.165) is 7.11 Å². The van der Waals surface area contributed by atoms with E-state index in [9.17, 15) is 16.8 Å². The van der Waals surface area contributed by atoms with Gasteiger partial charge < -0.3 is 0 Å². The van der Waals surface area contributed by atoms with Crippen molar-refractivity contribution in [2.45, 2.75) is 6.10 Å². The van der Waals surface area contributed by atoms with Gasteiger partial charge in [-0.25, -0.2) is 8.37 Å². The smallest absolute Gasteiger partial charge is 0.273 e. The van der Waals surface area contributed by atoms with Crippen molar-refractivity contribution in [1.82, 2.24) is 0 Å². The average Bonchev–Trinajstić information content (AvgIpc) is 2.29. The van der Waals surface area contributed by atoms with Gasteiger partial charge >= 0.3 is 10.4 Å². The van der Waals surface area contributed by atoms with E-state index in [1.807, 2.05) is 0 Å². The van der Waals surface area contributed by atoms with Gasteiger partial charge in [-0.05, 0) is 0 Å². The van der Waals surface area contributed by atoms with Crippen LogP contribution < -0.4 is 0 Å². The minimum atomic E-state index is -4.00. The normalized spacial score (nSPS) is 27.6. The van der Waals surface area contributed by atoms with Gasteiger partial charge in [0.2, 0.25) is 0 Å². The summed E-state index contributed by atoms with van der Waals surface area (Å²) in [7, 11) is -6.73. The van der Waals surface area contributed by atoms with Crippen LogP contribution in [0.2, 0.25) is 0 Å². The van der Waals surface area contributed by atoms with Crippen LogP contribution in [-0.2, 0) is 33.1 Å². The molecule has 1 saturated heterocycles. The zero-order chi connectivity index (χ0) is 10.1. The molecule has 9 heteroatoms. The molecule has 0 aromatic carbocycles. The second-order valence-corrected chi connectivity index (χ2v) is 5.33. The predicted octanol–water partition coefficient (Wildman–Crippen LogP) is -1.38. The van der Waals surface area contributed by atoms with Crippen LogP contribution in [0.5, 0.6) is 0 Å². The molecule has 1 heterocycles. The van der Waals surface area contributed by atoms with Gasteiger partial charge in [0.15, 0.2) is 0 Å². The summed E-state index contributed by atoms with van der Waals surface area (Å²) in [5.74, 6) is -0.539. The number of rotatable bonds is 3. The van der Waals surface area contributed by atoms with Crippen molar-refractivity contribution in [1.29, 1.82) is 0 Å². The lowest BCUT2D eigenvalue weighted by molar-refractivity contribution is 0.253. The van der Waals surface area contributed by atoms with Gasteiger partial charge in [-0.1, -0.05) is 0 Å². The molecule has 0 N–H and O–H groups in total.